The topological polar surface area (TPSA) is 61.5 Å². The molecule has 1 fully saturated rings. The van der Waals surface area contributed by atoms with Gasteiger partial charge in [0.15, 0.2) is 11.6 Å². The molecule has 7 heteroatoms. The monoisotopic (exact) mass is 404 g/mol. The average molecular weight is 404 g/mol. The molecule has 2 aliphatic heterocycles. The van der Waals surface area contributed by atoms with E-state index in [-0.39, 0.29) is 5.82 Å². The second-order valence-electron chi connectivity index (χ2n) is 7.74. The van der Waals surface area contributed by atoms with Crippen LogP contribution in [0.1, 0.15) is 12.0 Å². The first-order chi connectivity index (χ1) is 14.7. The Hall–Kier alpha value is -3.35. The molecule has 1 saturated heterocycles. The van der Waals surface area contributed by atoms with E-state index in [0.29, 0.717) is 24.5 Å². The van der Waals surface area contributed by atoms with Gasteiger partial charge in [0, 0.05) is 38.4 Å². The number of halogens is 1. The molecule has 6 nitrogen and oxygen atoms in total. The van der Waals surface area contributed by atoms with Gasteiger partial charge in [-0.15, -0.1) is 0 Å². The van der Waals surface area contributed by atoms with Crippen LogP contribution in [0.15, 0.2) is 54.9 Å². The number of nitrogens with zero attached hydrogens (tertiary/aromatic N) is 5. The molecule has 1 aromatic heterocycles. The SMILES string of the molecule is Nc1c(N2CCN(c3ccccc3F)CC2)ncnc1N1CCCc2ccccc21. The maximum absolute atomic E-state index is 14.1. The number of hydrogen-bond donors (Lipinski definition) is 1. The van der Waals surface area contributed by atoms with Crippen LogP contribution in [-0.2, 0) is 6.42 Å². The number of piperazine rings is 1. The lowest BCUT2D eigenvalue weighted by atomic mass is 10.0. The molecule has 154 valence electrons. The molecule has 0 saturated carbocycles. The van der Waals surface area contributed by atoms with E-state index >= 15 is 0 Å². The van der Waals surface area contributed by atoms with Crippen molar-refractivity contribution in [3.05, 3.63) is 66.2 Å². The normalized spacial score (nSPS) is 16.5. The minimum absolute atomic E-state index is 0.182. The summed E-state index contributed by atoms with van der Waals surface area (Å²) in [4.78, 5) is 15.5. The lowest BCUT2D eigenvalue weighted by Gasteiger charge is -2.38. The second kappa shape index (κ2) is 7.82. The zero-order valence-electron chi connectivity index (χ0n) is 16.8. The number of nitrogen functional groups attached to an aromatic ring is 1. The Bertz CT molecular complexity index is 1050. The molecule has 0 radical (unpaired) electrons. The van der Waals surface area contributed by atoms with Crippen molar-refractivity contribution in [1.82, 2.24) is 9.97 Å². The molecule has 0 unspecified atom stereocenters. The first-order valence-corrected chi connectivity index (χ1v) is 10.4. The van der Waals surface area contributed by atoms with Gasteiger partial charge in [0.05, 0.1) is 5.69 Å². The van der Waals surface area contributed by atoms with Gasteiger partial charge >= 0.3 is 0 Å². The summed E-state index contributed by atoms with van der Waals surface area (Å²) in [5.74, 6) is 1.35. The highest BCUT2D eigenvalue weighted by atomic mass is 19.1. The summed E-state index contributed by atoms with van der Waals surface area (Å²) in [6.45, 7) is 3.77. The quantitative estimate of drug-likeness (QED) is 0.720. The maximum Gasteiger partial charge on any atom is 0.161 e. The van der Waals surface area contributed by atoms with Gasteiger partial charge in [-0.25, -0.2) is 14.4 Å². The molecule has 2 aromatic carbocycles. The van der Waals surface area contributed by atoms with Gasteiger partial charge < -0.3 is 20.4 Å². The van der Waals surface area contributed by atoms with E-state index in [1.807, 2.05) is 12.1 Å². The van der Waals surface area contributed by atoms with E-state index in [0.717, 1.165) is 44.1 Å². The van der Waals surface area contributed by atoms with Crippen molar-refractivity contribution in [2.75, 3.05) is 53.2 Å². The Labute approximate surface area is 175 Å². The summed E-state index contributed by atoms with van der Waals surface area (Å²) in [7, 11) is 0. The summed E-state index contributed by atoms with van der Waals surface area (Å²) >= 11 is 0. The standard InChI is InChI=1S/C23H25FN6/c24-18-8-2-4-10-20(18)28-12-14-29(15-13-28)22-21(25)23(27-16-26-22)30-11-5-7-17-6-1-3-9-19(17)30/h1-4,6,8-10,16H,5,7,11-15,25H2. The van der Waals surface area contributed by atoms with E-state index in [2.05, 4.69) is 48.9 Å². The molecule has 3 heterocycles. The number of hydrogen-bond acceptors (Lipinski definition) is 6. The van der Waals surface area contributed by atoms with E-state index in [9.17, 15) is 4.39 Å². The highest BCUT2D eigenvalue weighted by Gasteiger charge is 2.26. The average Bonchev–Trinajstić information content (AvgIpc) is 2.80. The predicted molar refractivity (Wildman–Crippen MR) is 119 cm³/mol. The van der Waals surface area contributed by atoms with Crippen LogP contribution in [0.2, 0.25) is 0 Å². The number of aromatic nitrogens is 2. The fourth-order valence-corrected chi connectivity index (χ4v) is 4.47. The third kappa shape index (κ3) is 3.30. The number of para-hydroxylation sites is 2. The van der Waals surface area contributed by atoms with Crippen molar-refractivity contribution < 1.29 is 4.39 Å². The van der Waals surface area contributed by atoms with Gasteiger partial charge in [-0.3, -0.25) is 0 Å². The number of anilines is 5. The first-order valence-electron chi connectivity index (χ1n) is 10.4. The van der Waals surface area contributed by atoms with Crippen molar-refractivity contribution in [3.63, 3.8) is 0 Å². The largest absolute Gasteiger partial charge is 0.393 e. The lowest BCUT2D eigenvalue weighted by Crippen LogP contribution is -2.47. The van der Waals surface area contributed by atoms with Crippen LogP contribution >= 0.6 is 0 Å². The third-order valence-electron chi connectivity index (χ3n) is 5.98. The van der Waals surface area contributed by atoms with Crippen LogP contribution in [0.5, 0.6) is 0 Å². The van der Waals surface area contributed by atoms with Crippen molar-refractivity contribution in [2.45, 2.75) is 12.8 Å². The van der Waals surface area contributed by atoms with Crippen LogP contribution in [0.3, 0.4) is 0 Å². The van der Waals surface area contributed by atoms with Gasteiger partial charge in [-0.2, -0.15) is 0 Å². The van der Waals surface area contributed by atoms with Crippen molar-refractivity contribution in [2.24, 2.45) is 0 Å². The predicted octanol–water partition coefficient (Wildman–Crippen LogP) is 3.61. The first kappa shape index (κ1) is 18.7. The van der Waals surface area contributed by atoms with E-state index in [4.69, 9.17) is 5.73 Å². The van der Waals surface area contributed by atoms with E-state index in [1.165, 1.54) is 17.3 Å². The third-order valence-corrected chi connectivity index (χ3v) is 5.98. The molecule has 2 N–H and O–H groups in total. The Balaban J connectivity index is 1.38. The van der Waals surface area contributed by atoms with Gasteiger partial charge in [0.2, 0.25) is 0 Å². The fourth-order valence-electron chi connectivity index (χ4n) is 4.47. The number of rotatable bonds is 3. The number of nitrogens with two attached hydrogens (primary N) is 1. The Morgan fingerprint density at radius 1 is 0.767 bits per heavy atom. The molecular formula is C23H25FN6. The molecule has 0 spiro atoms. The van der Waals surface area contributed by atoms with Crippen molar-refractivity contribution >= 4 is 28.7 Å². The fraction of sp³-hybridized carbons (Fsp3) is 0.304. The van der Waals surface area contributed by atoms with Crippen molar-refractivity contribution in [1.29, 1.82) is 0 Å². The van der Waals surface area contributed by atoms with Crippen LogP contribution in [0.4, 0.5) is 33.1 Å². The molecule has 30 heavy (non-hydrogen) atoms. The molecule has 0 amide bonds. The van der Waals surface area contributed by atoms with Crippen LogP contribution in [0, 0.1) is 5.82 Å². The van der Waals surface area contributed by atoms with Gasteiger partial charge in [-0.05, 0) is 36.6 Å². The number of fused-ring (bicyclic) bond motifs is 1. The maximum atomic E-state index is 14.1. The molecule has 3 aromatic rings. The van der Waals surface area contributed by atoms with Crippen LogP contribution in [0.25, 0.3) is 0 Å². The molecule has 0 aliphatic carbocycles. The zero-order valence-corrected chi connectivity index (χ0v) is 16.8. The number of aryl methyl sites for hydroxylation is 1. The molecule has 2 aliphatic rings. The van der Waals surface area contributed by atoms with Crippen LogP contribution < -0.4 is 20.4 Å². The van der Waals surface area contributed by atoms with Crippen LogP contribution in [-0.4, -0.2) is 42.7 Å². The zero-order chi connectivity index (χ0) is 20.5. The minimum atomic E-state index is -0.182. The minimum Gasteiger partial charge on any atom is -0.393 e. The highest BCUT2D eigenvalue weighted by molar-refractivity contribution is 5.81. The Kier molecular flexibility index (Phi) is 4.86. The summed E-state index contributed by atoms with van der Waals surface area (Å²) in [6, 6.07) is 15.4. The highest BCUT2D eigenvalue weighted by Crippen LogP contribution is 2.38. The number of benzene rings is 2. The molecule has 0 atom stereocenters. The summed E-state index contributed by atoms with van der Waals surface area (Å²) in [5, 5.41) is 0. The van der Waals surface area contributed by atoms with E-state index in [1.54, 1.807) is 12.4 Å². The van der Waals surface area contributed by atoms with Gasteiger partial charge in [0.1, 0.15) is 17.8 Å². The molecular weight excluding hydrogens is 379 g/mol. The van der Waals surface area contributed by atoms with Gasteiger partial charge in [0.25, 0.3) is 0 Å². The lowest BCUT2D eigenvalue weighted by molar-refractivity contribution is 0.596. The summed E-state index contributed by atoms with van der Waals surface area (Å²) < 4.78 is 14.1. The smallest absolute Gasteiger partial charge is 0.161 e. The Morgan fingerprint density at radius 3 is 2.23 bits per heavy atom. The van der Waals surface area contributed by atoms with E-state index < -0.39 is 0 Å². The summed E-state index contributed by atoms with van der Waals surface area (Å²) in [6.07, 6.45) is 3.74. The molecule has 0 bridgehead atoms. The Morgan fingerprint density at radius 2 is 1.43 bits per heavy atom. The summed E-state index contributed by atoms with van der Waals surface area (Å²) in [5.41, 5.74) is 10.3. The second-order valence-corrected chi connectivity index (χ2v) is 7.74. The van der Waals surface area contributed by atoms with Gasteiger partial charge in [-0.1, -0.05) is 30.3 Å². The molecule has 5 rings (SSSR count). The van der Waals surface area contributed by atoms with Crippen molar-refractivity contribution in [3.8, 4) is 0 Å².